The fourth-order valence-corrected chi connectivity index (χ4v) is 9.49. The molecule has 7 rings (SSSR count). The average Bonchev–Trinajstić information content (AvgIpc) is 4.00. The summed E-state index contributed by atoms with van der Waals surface area (Å²) in [6.45, 7) is 4.58. The molecule has 15 heteroatoms. The van der Waals surface area contributed by atoms with E-state index < -0.39 is 74.8 Å². The molecule has 3 aliphatic heterocycles. The normalized spacial score (nSPS) is 30.5. The quantitative estimate of drug-likeness (QED) is 0.355. The number of carbonyl (C=O) groups excluding carboxylic acids is 5. The fourth-order valence-electron chi connectivity index (χ4n) is 8.13. The van der Waals surface area contributed by atoms with Crippen molar-refractivity contribution in [3.8, 4) is 0 Å². The third kappa shape index (κ3) is 7.42. The van der Waals surface area contributed by atoms with Gasteiger partial charge in [-0.2, -0.15) is 0 Å². The molecule has 0 spiro atoms. The van der Waals surface area contributed by atoms with Crippen LogP contribution in [-0.4, -0.2) is 96.8 Å². The molecule has 5 atom stereocenters. The van der Waals surface area contributed by atoms with Crippen LogP contribution < -0.4 is 15.4 Å². The highest BCUT2D eigenvalue weighted by atomic mass is 32.2. The van der Waals surface area contributed by atoms with Crippen molar-refractivity contribution in [2.24, 2.45) is 11.8 Å². The Morgan fingerprint density at radius 3 is 2.60 bits per heavy atom. The van der Waals surface area contributed by atoms with Crippen LogP contribution >= 0.6 is 0 Å². The third-order valence-electron chi connectivity index (χ3n) is 11.4. The Labute approximate surface area is 303 Å². The average molecular weight is 738 g/mol. The lowest BCUT2D eigenvalue weighted by Crippen LogP contribution is -2.59. The van der Waals surface area contributed by atoms with Gasteiger partial charge in [0.2, 0.25) is 21.8 Å². The van der Waals surface area contributed by atoms with Gasteiger partial charge in [0.1, 0.15) is 23.7 Å². The van der Waals surface area contributed by atoms with Gasteiger partial charge in [-0.15, -0.1) is 6.58 Å². The standard InChI is InChI=1S/C37H47N5O9S/c1-2-26-20-37(26,34(45)40-52(48,49)28-14-15-28)39-32(43)30-19-27-21-42(30)33(44)31(25-10-5-6-11-25)38-35(46)50-18-7-3-4-9-23-12-8-13-24-16-17-41(22-29(23)24)36(47)51-27/h2,4,8-9,12-13,25-28,30-31H,1,3,5-7,10-11,14-22H2,(H,38,46)(H,39,43)(H,40,45)/b9-4+/t26-,27+,30-,31-,37+/m0/s1. The van der Waals surface area contributed by atoms with E-state index >= 15 is 0 Å². The van der Waals surface area contributed by atoms with Crippen molar-refractivity contribution in [1.82, 2.24) is 25.2 Å². The first-order valence-corrected chi connectivity index (χ1v) is 20.0. The molecular weight excluding hydrogens is 691 g/mol. The maximum Gasteiger partial charge on any atom is 0.410 e. The number of hydrogen-bond acceptors (Lipinski definition) is 9. The van der Waals surface area contributed by atoms with E-state index in [1.165, 1.54) is 11.0 Å². The van der Waals surface area contributed by atoms with Crippen molar-refractivity contribution in [1.29, 1.82) is 0 Å². The largest absolute Gasteiger partial charge is 0.450 e. The predicted molar refractivity (Wildman–Crippen MR) is 189 cm³/mol. The molecule has 3 aliphatic carbocycles. The van der Waals surface area contributed by atoms with E-state index in [2.05, 4.69) is 21.9 Å². The van der Waals surface area contributed by atoms with Gasteiger partial charge in [-0.05, 0) is 74.0 Å². The van der Waals surface area contributed by atoms with Gasteiger partial charge in [0.25, 0.3) is 5.91 Å². The number of cyclic esters (lactones) is 1. The van der Waals surface area contributed by atoms with Gasteiger partial charge in [0.15, 0.2) is 0 Å². The molecule has 1 saturated heterocycles. The van der Waals surface area contributed by atoms with E-state index in [4.69, 9.17) is 9.47 Å². The summed E-state index contributed by atoms with van der Waals surface area (Å²) in [5, 5.41) is 4.91. The second-order valence-electron chi connectivity index (χ2n) is 14.9. The van der Waals surface area contributed by atoms with Crippen molar-refractivity contribution in [3.63, 3.8) is 0 Å². The van der Waals surface area contributed by atoms with Crippen LogP contribution in [0, 0.1) is 11.8 Å². The topological polar surface area (TPSA) is 181 Å². The SMILES string of the molecule is C=C[C@H]1C[C@]1(NC(=O)[C@@H]1C[C@@H]2CN1C(=O)[C@H](C1CCCC1)NC(=O)OCCC/C=C/c1cccc3c1CN(CC3)C(=O)O2)C(=O)NS(=O)(=O)C1CC1. The third-order valence-corrected chi connectivity index (χ3v) is 13.2. The number of ether oxygens (including phenoxy) is 2. The molecule has 1 aromatic rings. The Morgan fingerprint density at radius 1 is 1.08 bits per heavy atom. The molecule has 52 heavy (non-hydrogen) atoms. The zero-order valence-electron chi connectivity index (χ0n) is 29.2. The number of amides is 5. The van der Waals surface area contributed by atoms with Crippen LogP contribution in [0.5, 0.6) is 0 Å². The van der Waals surface area contributed by atoms with Crippen molar-refractivity contribution >= 4 is 46.0 Å². The summed E-state index contributed by atoms with van der Waals surface area (Å²) in [5.74, 6) is -2.76. The Balaban J connectivity index is 1.16. The number of sulfonamides is 1. The summed E-state index contributed by atoms with van der Waals surface area (Å²) in [4.78, 5) is 71.8. The summed E-state index contributed by atoms with van der Waals surface area (Å²) < 4.78 is 39.0. The number of carbonyl (C=O) groups is 5. The van der Waals surface area contributed by atoms with Crippen molar-refractivity contribution in [2.75, 3.05) is 19.7 Å². The Bertz CT molecular complexity index is 1770. The Hall–Kier alpha value is -4.40. The molecule has 5 amide bonds. The summed E-state index contributed by atoms with van der Waals surface area (Å²) in [6, 6.07) is 3.87. The summed E-state index contributed by atoms with van der Waals surface area (Å²) in [5.41, 5.74) is 1.59. The highest BCUT2D eigenvalue weighted by Crippen LogP contribution is 2.45. The molecule has 4 bridgehead atoms. The lowest BCUT2D eigenvalue weighted by Gasteiger charge is -2.32. The smallest absolute Gasteiger partial charge is 0.410 e. The lowest BCUT2D eigenvalue weighted by molar-refractivity contribution is -0.142. The monoisotopic (exact) mass is 737 g/mol. The molecule has 0 aromatic heterocycles. The van der Waals surface area contributed by atoms with Crippen LogP contribution in [0.3, 0.4) is 0 Å². The maximum atomic E-state index is 14.5. The highest BCUT2D eigenvalue weighted by molar-refractivity contribution is 7.91. The fraction of sp³-hybridized carbons (Fsp3) is 0.595. The number of rotatable bonds is 7. The molecule has 280 valence electrons. The zero-order chi connectivity index (χ0) is 36.6. The number of hydrogen-bond donors (Lipinski definition) is 3. The minimum Gasteiger partial charge on any atom is -0.450 e. The van der Waals surface area contributed by atoms with Crippen LogP contribution in [0.2, 0.25) is 0 Å². The molecule has 0 unspecified atom stereocenters. The summed E-state index contributed by atoms with van der Waals surface area (Å²) in [6.07, 6.45) is 9.38. The first-order valence-electron chi connectivity index (χ1n) is 18.5. The van der Waals surface area contributed by atoms with E-state index in [9.17, 15) is 32.4 Å². The molecule has 1 aromatic carbocycles. The molecule has 3 N–H and O–H groups in total. The Kier molecular flexibility index (Phi) is 10.1. The predicted octanol–water partition coefficient (Wildman–Crippen LogP) is 2.91. The van der Waals surface area contributed by atoms with E-state index in [1.54, 1.807) is 4.90 Å². The second kappa shape index (κ2) is 14.6. The molecule has 6 aliphatic rings. The van der Waals surface area contributed by atoms with Gasteiger partial charge in [0, 0.05) is 25.4 Å². The molecule has 4 fully saturated rings. The molecular formula is C37H47N5O9S. The van der Waals surface area contributed by atoms with Gasteiger partial charge in [0.05, 0.1) is 18.4 Å². The van der Waals surface area contributed by atoms with Crippen molar-refractivity contribution < 1.29 is 41.9 Å². The van der Waals surface area contributed by atoms with E-state index in [0.717, 1.165) is 29.5 Å². The number of fused-ring (bicyclic) bond motifs is 3. The zero-order valence-corrected chi connectivity index (χ0v) is 30.0. The van der Waals surface area contributed by atoms with E-state index in [-0.39, 0.29) is 31.9 Å². The number of benzene rings is 1. The molecule has 3 saturated carbocycles. The van der Waals surface area contributed by atoms with Crippen LogP contribution in [0.1, 0.15) is 80.9 Å². The van der Waals surface area contributed by atoms with Crippen molar-refractivity contribution in [2.45, 2.75) is 106 Å². The van der Waals surface area contributed by atoms with Gasteiger partial charge >= 0.3 is 12.2 Å². The number of alkyl carbamates (subject to hydrolysis) is 1. The Morgan fingerprint density at radius 2 is 1.87 bits per heavy atom. The van der Waals surface area contributed by atoms with E-state index in [1.807, 2.05) is 30.4 Å². The summed E-state index contributed by atoms with van der Waals surface area (Å²) >= 11 is 0. The first-order chi connectivity index (χ1) is 25.0. The minimum atomic E-state index is -3.90. The van der Waals surface area contributed by atoms with Gasteiger partial charge in [-0.1, -0.05) is 49.3 Å². The highest BCUT2D eigenvalue weighted by Gasteiger charge is 2.62. The van der Waals surface area contributed by atoms with Crippen LogP contribution in [0.4, 0.5) is 9.59 Å². The molecule has 0 radical (unpaired) electrons. The van der Waals surface area contributed by atoms with E-state index in [0.29, 0.717) is 58.0 Å². The van der Waals surface area contributed by atoms with Gasteiger partial charge in [-0.3, -0.25) is 19.1 Å². The minimum absolute atomic E-state index is 0.0552. The first kappa shape index (κ1) is 36.0. The van der Waals surface area contributed by atoms with Gasteiger partial charge in [-0.25, -0.2) is 18.0 Å². The lowest BCUT2D eigenvalue weighted by atomic mass is 9.94. The maximum absolute atomic E-state index is 14.5. The number of nitrogens with zero attached hydrogens (tertiary/aromatic N) is 2. The van der Waals surface area contributed by atoms with Crippen molar-refractivity contribution in [3.05, 3.63) is 53.6 Å². The summed E-state index contributed by atoms with van der Waals surface area (Å²) in [7, 11) is -3.90. The number of allylic oxidation sites excluding steroid dienone is 1. The van der Waals surface area contributed by atoms with Crippen LogP contribution in [0.25, 0.3) is 6.08 Å². The van der Waals surface area contributed by atoms with Crippen LogP contribution in [0.15, 0.2) is 36.9 Å². The van der Waals surface area contributed by atoms with Gasteiger partial charge < -0.3 is 29.9 Å². The molecule has 14 nitrogen and oxygen atoms in total. The van der Waals surface area contributed by atoms with Crippen LogP contribution in [-0.2, 0) is 46.8 Å². The second-order valence-corrected chi connectivity index (χ2v) is 16.9. The molecule has 3 heterocycles. The number of nitrogens with one attached hydrogen (secondary N) is 3.